The zero-order valence-corrected chi connectivity index (χ0v) is 7.80. The predicted molar refractivity (Wildman–Crippen MR) is 50.7 cm³/mol. The lowest BCUT2D eigenvalue weighted by Gasteiger charge is -2.01. The summed E-state index contributed by atoms with van der Waals surface area (Å²) in [5.74, 6) is 0.0242. The molecular weight excluding hydrogens is 206 g/mol. The van der Waals surface area contributed by atoms with Gasteiger partial charge in [-0.1, -0.05) is 11.3 Å². The number of hydroxylamine groups is 1. The quantitative estimate of drug-likeness (QED) is 0.649. The van der Waals surface area contributed by atoms with Crippen LogP contribution >= 0.6 is 11.3 Å². The van der Waals surface area contributed by atoms with Gasteiger partial charge in [0.1, 0.15) is 11.3 Å². The Labute approximate surface area is 82.2 Å². The molecule has 74 valence electrons. The van der Waals surface area contributed by atoms with Crippen molar-refractivity contribution < 1.29 is 14.7 Å². The lowest BCUT2D eigenvalue weighted by atomic mass is 10.2. The molecule has 0 aliphatic carbocycles. The lowest BCUT2D eigenvalue weighted by Crippen LogP contribution is -2.05. The normalized spacial score (nSPS) is 10.9. The molecule has 1 aromatic heterocycles. The summed E-state index contributed by atoms with van der Waals surface area (Å²) in [6.07, 6.45) is 0. The monoisotopic (exact) mass is 213 g/mol. The summed E-state index contributed by atoms with van der Waals surface area (Å²) in [6.45, 7) is 0.0985. The van der Waals surface area contributed by atoms with Crippen LogP contribution in [0.3, 0.4) is 0 Å². The standard InChI is InChI=1S/C8H7NO4S/c10-5-2-7-6(13-8(11)14-7)1-4(5)3-9-12/h1-2,9-10,12H,3H2. The third-order valence-electron chi connectivity index (χ3n) is 1.80. The number of hydrogen-bond donors (Lipinski definition) is 3. The van der Waals surface area contributed by atoms with E-state index in [-0.39, 0.29) is 12.3 Å². The highest BCUT2D eigenvalue weighted by Gasteiger charge is 2.07. The molecule has 14 heavy (non-hydrogen) atoms. The molecule has 0 aliphatic rings. The van der Waals surface area contributed by atoms with Gasteiger partial charge in [0.25, 0.3) is 0 Å². The number of fused-ring (bicyclic) bond motifs is 1. The highest BCUT2D eigenvalue weighted by Crippen LogP contribution is 2.26. The Hall–Kier alpha value is -1.37. The van der Waals surface area contributed by atoms with Crippen LogP contribution in [0.25, 0.3) is 10.3 Å². The van der Waals surface area contributed by atoms with Gasteiger partial charge in [-0.15, -0.1) is 0 Å². The van der Waals surface area contributed by atoms with Gasteiger partial charge in [0.15, 0.2) is 0 Å². The lowest BCUT2D eigenvalue weighted by molar-refractivity contribution is 0.160. The molecule has 0 aliphatic heterocycles. The molecule has 0 atom stereocenters. The van der Waals surface area contributed by atoms with E-state index in [2.05, 4.69) is 0 Å². The fraction of sp³-hybridized carbons (Fsp3) is 0.125. The zero-order valence-electron chi connectivity index (χ0n) is 6.98. The number of phenolic OH excluding ortho intramolecular Hbond substituents is 1. The summed E-state index contributed by atoms with van der Waals surface area (Å²) in [5.41, 5.74) is 2.81. The largest absolute Gasteiger partial charge is 0.508 e. The van der Waals surface area contributed by atoms with Crippen LogP contribution in [0.15, 0.2) is 21.3 Å². The number of nitrogens with one attached hydrogen (secondary N) is 1. The van der Waals surface area contributed by atoms with Crippen LogP contribution in [0.5, 0.6) is 5.75 Å². The Kier molecular flexibility index (Phi) is 2.24. The topological polar surface area (TPSA) is 82.7 Å². The van der Waals surface area contributed by atoms with Gasteiger partial charge in [0.2, 0.25) is 0 Å². The molecule has 3 N–H and O–H groups in total. The van der Waals surface area contributed by atoms with Gasteiger partial charge >= 0.3 is 4.94 Å². The predicted octanol–water partition coefficient (Wildman–Crippen LogP) is 1.04. The van der Waals surface area contributed by atoms with Crippen molar-refractivity contribution in [1.29, 1.82) is 0 Å². The second kappa shape index (κ2) is 3.41. The van der Waals surface area contributed by atoms with E-state index in [0.29, 0.717) is 15.8 Å². The van der Waals surface area contributed by atoms with Crippen molar-refractivity contribution >= 4 is 21.6 Å². The van der Waals surface area contributed by atoms with E-state index in [4.69, 9.17) is 9.62 Å². The Bertz CT molecular complexity index is 516. The van der Waals surface area contributed by atoms with Crippen molar-refractivity contribution in [3.05, 3.63) is 27.4 Å². The molecule has 2 rings (SSSR count). The molecule has 2 aromatic rings. The summed E-state index contributed by atoms with van der Waals surface area (Å²) < 4.78 is 5.44. The number of rotatable bonds is 2. The van der Waals surface area contributed by atoms with Crippen LogP contribution in [-0.2, 0) is 6.54 Å². The molecule has 0 radical (unpaired) electrons. The third kappa shape index (κ3) is 1.50. The molecule has 0 fully saturated rings. The average Bonchev–Trinajstić information content (AvgIpc) is 2.45. The van der Waals surface area contributed by atoms with Crippen LogP contribution < -0.4 is 10.4 Å². The van der Waals surface area contributed by atoms with E-state index in [1.54, 1.807) is 0 Å². The van der Waals surface area contributed by atoms with Gasteiger partial charge in [0.05, 0.1) is 4.70 Å². The summed E-state index contributed by atoms with van der Waals surface area (Å²) in [6, 6.07) is 2.96. The van der Waals surface area contributed by atoms with Crippen molar-refractivity contribution in [3.8, 4) is 5.75 Å². The van der Waals surface area contributed by atoms with E-state index in [9.17, 15) is 9.90 Å². The maximum Gasteiger partial charge on any atom is 0.396 e. The van der Waals surface area contributed by atoms with E-state index < -0.39 is 4.94 Å². The molecule has 5 nitrogen and oxygen atoms in total. The Morgan fingerprint density at radius 2 is 2.29 bits per heavy atom. The second-order valence-electron chi connectivity index (χ2n) is 2.72. The molecule has 0 saturated carbocycles. The number of benzene rings is 1. The minimum absolute atomic E-state index is 0.0242. The highest BCUT2D eigenvalue weighted by atomic mass is 32.1. The molecule has 6 heteroatoms. The first-order valence-corrected chi connectivity index (χ1v) is 4.65. The van der Waals surface area contributed by atoms with Gasteiger partial charge in [-0.3, -0.25) is 0 Å². The van der Waals surface area contributed by atoms with E-state index in [1.165, 1.54) is 12.1 Å². The Morgan fingerprint density at radius 3 is 3.00 bits per heavy atom. The van der Waals surface area contributed by atoms with E-state index in [1.807, 2.05) is 5.48 Å². The molecule has 1 aromatic carbocycles. The fourth-order valence-corrected chi connectivity index (χ4v) is 1.86. The van der Waals surface area contributed by atoms with E-state index in [0.717, 1.165) is 11.3 Å². The Morgan fingerprint density at radius 1 is 1.50 bits per heavy atom. The minimum Gasteiger partial charge on any atom is -0.508 e. The number of aromatic hydroxyl groups is 1. The van der Waals surface area contributed by atoms with Crippen molar-refractivity contribution in [1.82, 2.24) is 5.48 Å². The van der Waals surface area contributed by atoms with Crippen LogP contribution in [-0.4, -0.2) is 10.3 Å². The van der Waals surface area contributed by atoms with Crippen molar-refractivity contribution in [2.45, 2.75) is 6.54 Å². The maximum atomic E-state index is 10.9. The van der Waals surface area contributed by atoms with Gasteiger partial charge in [-0.05, 0) is 6.07 Å². The van der Waals surface area contributed by atoms with Crippen molar-refractivity contribution in [2.75, 3.05) is 0 Å². The Balaban J connectivity index is 2.63. The second-order valence-corrected chi connectivity index (χ2v) is 3.69. The highest BCUT2D eigenvalue weighted by molar-refractivity contribution is 7.16. The molecule has 0 saturated heterocycles. The minimum atomic E-state index is -0.409. The van der Waals surface area contributed by atoms with Crippen LogP contribution in [0, 0.1) is 0 Å². The molecule has 0 bridgehead atoms. The summed E-state index contributed by atoms with van der Waals surface area (Å²) in [7, 11) is 0. The zero-order chi connectivity index (χ0) is 10.1. The first kappa shape index (κ1) is 9.20. The van der Waals surface area contributed by atoms with Crippen LogP contribution in [0.4, 0.5) is 0 Å². The van der Waals surface area contributed by atoms with Gasteiger partial charge in [0, 0.05) is 18.2 Å². The number of hydrogen-bond acceptors (Lipinski definition) is 6. The smallest absolute Gasteiger partial charge is 0.396 e. The van der Waals surface area contributed by atoms with Gasteiger partial charge in [-0.2, -0.15) is 0 Å². The molecule has 0 amide bonds. The summed E-state index contributed by atoms with van der Waals surface area (Å²) >= 11 is 0.928. The molecule has 1 heterocycles. The fourth-order valence-electron chi connectivity index (χ4n) is 1.18. The van der Waals surface area contributed by atoms with Gasteiger partial charge < -0.3 is 14.7 Å². The van der Waals surface area contributed by atoms with Crippen LogP contribution in [0.2, 0.25) is 0 Å². The maximum absolute atomic E-state index is 10.9. The van der Waals surface area contributed by atoms with Crippen molar-refractivity contribution in [3.63, 3.8) is 0 Å². The first-order chi connectivity index (χ1) is 6.70. The van der Waals surface area contributed by atoms with Crippen LogP contribution in [0.1, 0.15) is 5.56 Å². The third-order valence-corrected chi connectivity index (χ3v) is 2.59. The first-order valence-electron chi connectivity index (χ1n) is 3.83. The summed E-state index contributed by atoms with van der Waals surface area (Å²) in [4.78, 5) is 10.5. The molecule has 0 unspecified atom stereocenters. The molecule has 0 spiro atoms. The molecular formula is C8H7NO4S. The number of phenols is 1. The van der Waals surface area contributed by atoms with Crippen molar-refractivity contribution in [2.24, 2.45) is 0 Å². The average molecular weight is 213 g/mol. The van der Waals surface area contributed by atoms with Gasteiger partial charge in [-0.25, -0.2) is 10.3 Å². The summed E-state index contributed by atoms with van der Waals surface area (Å²) in [5, 5.41) is 17.9. The van der Waals surface area contributed by atoms with E-state index >= 15 is 0 Å². The SMILES string of the molecule is O=c1oc2cc(CNO)c(O)cc2s1.